The van der Waals surface area contributed by atoms with E-state index in [0.29, 0.717) is 19.4 Å². The third-order valence-corrected chi connectivity index (χ3v) is 5.63. The highest BCUT2D eigenvalue weighted by atomic mass is 35.5. The van der Waals surface area contributed by atoms with E-state index < -0.39 is 32.5 Å². The highest BCUT2D eigenvalue weighted by Crippen LogP contribution is 2.27. The fourth-order valence-corrected chi connectivity index (χ4v) is 4.21. The molecular formula is C14H20ClF2N3O3S. The molecule has 1 saturated heterocycles. The minimum atomic E-state index is -4.33. The summed E-state index contributed by atoms with van der Waals surface area (Å²) in [7, 11) is -4.33. The average molecular weight is 384 g/mol. The molecule has 0 aliphatic carbocycles. The van der Waals surface area contributed by atoms with Crippen LogP contribution in [0, 0.1) is 17.6 Å². The molecule has 0 bridgehead atoms. The van der Waals surface area contributed by atoms with E-state index >= 15 is 0 Å². The van der Waals surface area contributed by atoms with Gasteiger partial charge in [-0.1, -0.05) is 6.07 Å². The second kappa shape index (κ2) is 8.70. The summed E-state index contributed by atoms with van der Waals surface area (Å²) in [5.41, 5.74) is 5.31. The molecule has 1 heterocycles. The van der Waals surface area contributed by atoms with Crippen LogP contribution in [0.4, 0.5) is 8.78 Å². The first kappa shape index (κ1) is 20.8. The lowest BCUT2D eigenvalue weighted by Gasteiger charge is -2.31. The first-order chi connectivity index (χ1) is 10.9. The van der Waals surface area contributed by atoms with Crippen LogP contribution in [0.2, 0.25) is 0 Å². The van der Waals surface area contributed by atoms with Crippen LogP contribution >= 0.6 is 12.4 Å². The van der Waals surface area contributed by atoms with Crippen LogP contribution in [0.5, 0.6) is 0 Å². The minimum Gasteiger partial charge on any atom is -0.355 e. The monoisotopic (exact) mass is 383 g/mol. The predicted octanol–water partition coefficient (Wildman–Crippen LogP) is 0.862. The van der Waals surface area contributed by atoms with E-state index in [1.54, 1.807) is 0 Å². The molecule has 136 valence electrons. The summed E-state index contributed by atoms with van der Waals surface area (Å²) in [4.78, 5) is 11.0. The molecule has 0 spiro atoms. The van der Waals surface area contributed by atoms with Crippen molar-refractivity contribution in [1.29, 1.82) is 0 Å². The fraction of sp³-hybridized carbons (Fsp3) is 0.500. The lowest BCUT2D eigenvalue weighted by molar-refractivity contribution is -0.126. The zero-order valence-electron chi connectivity index (χ0n) is 12.9. The van der Waals surface area contributed by atoms with Crippen molar-refractivity contribution in [2.75, 3.05) is 26.2 Å². The van der Waals surface area contributed by atoms with Gasteiger partial charge in [-0.05, 0) is 25.0 Å². The number of nitrogens with one attached hydrogen (secondary N) is 1. The molecule has 1 fully saturated rings. The Morgan fingerprint density at radius 3 is 2.54 bits per heavy atom. The third-order valence-electron chi connectivity index (χ3n) is 3.72. The third kappa shape index (κ3) is 4.41. The molecule has 3 N–H and O–H groups in total. The molecule has 24 heavy (non-hydrogen) atoms. The van der Waals surface area contributed by atoms with Crippen LogP contribution in [-0.4, -0.2) is 44.8 Å². The minimum absolute atomic E-state index is 0. The number of nitrogens with two attached hydrogens (primary N) is 1. The standard InChI is InChI=1S/C14H19F2N3O3S.ClH/c15-11-4-1-5-12(16)13(11)23(21,22)19-8-2-3-10(9-19)14(20)18-7-6-17;/h1,4-5,10H,2-3,6-9,17H2,(H,18,20);1H. The van der Waals surface area contributed by atoms with Gasteiger partial charge in [-0.15, -0.1) is 12.4 Å². The number of carbonyl (C=O) groups is 1. The summed E-state index contributed by atoms with van der Waals surface area (Å²) in [6.45, 7) is 0.591. The van der Waals surface area contributed by atoms with Gasteiger partial charge in [-0.3, -0.25) is 4.79 Å². The Labute approximate surface area is 145 Å². The summed E-state index contributed by atoms with van der Waals surface area (Å²) in [5, 5.41) is 2.60. The summed E-state index contributed by atoms with van der Waals surface area (Å²) in [5.74, 6) is -3.14. The molecule has 6 nitrogen and oxygen atoms in total. The van der Waals surface area contributed by atoms with Crippen molar-refractivity contribution in [3.05, 3.63) is 29.8 Å². The fourth-order valence-electron chi connectivity index (χ4n) is 2.57. The van der Waals surface area contributed by atoms with Crippen molar-refractivity contribution in [2.45, 2.75) is 17.7 Å². The molecule has 1 amide bonds. The first-order valence-electron chi connectivity index (χ1n) is 7.30. The second-order valence-electron chi connectivity index (χ2n) is 5.33. The second-order valence-corrected chi connectivity index (χ2v) is 7.21. The smallest absolute Gasteiger partial charge is 0.248 e. The average Bonchev–Trinajstić information content (AvgIpc) is 2.52. The maximum Gasteiger partial charge on any atom is 0.248 e. The highest BCUT2D eigenvalue weighted by molar-refractivity contribution is 7.89. The largest absolute Gasteiger partial charge is 0.355 e. The van der Waals surface area contributed by atoms with E-state index in [0.717, 1.165) is 22.5 Å². The van der Waals surface area contributed by atoms with Gasteiger partial charge in [0.05, 0.1) is 5.92 Å². The molecular weight excluding hydrogens is 364 g/mol. The van der Waals surface area contributed by atoms with Gasteiger partial charge < -0.3 is 11.1 Å². The van der Waals surface area contributed by atoms with Crippen molar-refractivity contribution in [3.63, 3.8) is 0 Å². The van der Waals surface area contributed by atoms with Crippen LogP contribution in [0.25, 0.3) is 0 Å². The first-order valence-corrected chi connectivity index (χ1v) is 8.74. The van der Waals surface area contributed by atoms with Crippen molar-refractivity contribution >= 4 is 28.3 Å². The Morgan fingerprint density at radius 1 is 1.33 bits per heavy atom. The van der Waals surface area contributed by atoms with Crippen LogP contribution < -0.4 is 11.1 Å². The number of piperidine rings is 1. The lowest BCUT2D eigenvalue weighted by atomic mass is 9.99. The number of amides is 1. The normalized spacial score (nSPS) is 18.7. The van der Waals surface area contributed by atoms with E-state index in [9.17, 15) is 22.0 Å². The molecule has 1 aromatic carbocycles. The van der Waals surface area contributed by atoms with Gasteiger partial charge in [0, 0.05) is 26.2 Å². The Hall–Kier alpha value is -1.29. The number of hydrogen-bond acceptors (Lipinski definition) is 4. The Morgan fingerprint density at radius 2 is 1.96 bits per heavy atom. The molecule has 1 aliphatic rings. The van der Waals surface area contributed by atoms with Crippen LogP contribution in [0.15, 0.2) is 23.1 Å². The van der Waals surface area contributed by atoms with Crippen molar-refractivity contribution in [3.8, 4) is 0 Å². The number of hydrogen-bond donors (Lipinski definition) is 2. The number of carbonyl (C=O) groups excluding carboxylic acids is 1. The summed E-state index contributed by atoms with van der Waals surface area (Å²) in [6, 6.07) is 2.89. The number of benzene rings is 1. The van der Waals surface area contributed by atoms with Gasteiger partial charge >= 0.3 is 0 Å². The summed E-state index contributed by atoms with van der Waals surface area (Å²) >= 11 is 0. The number of rotatable bonds is 5. The maximum atomic E-state index is 13.8. The zero-order valence-corrected chi connectivity index (χ0v) is 14.5. The Bertz CT molecular complexity index is 668. The molecule has 0 aromatic heterocycles. The van der Waals surface area contributed by atoms with Gasteiger partial charge in [0.1, 0.15) is 11.6 Å². The highest BCUT2D eigenvalue weighted by Gasteiger charge is 2.36. The van der Waals surface area contributed by atoms with E-state index in [1.165, 1.54) is 0 Å². The summed E-state index contributed by atoms with van der Waals surface area (Å²) in [6.07, 6.45) is 0.957. The molecule has 0 saturated carbocycles. The molecule has 0 radical (unpaired) electrons. The number of halogens is 3. The van der Waals surface area contributed by atoms with Gasteiger partial charge in [0.25, 0.3) is 0 Å². The van der Waals surface area contributed by atoms with Crippen LogP contribution in [0.3, 0.4) is 0 Å². The van der Waals surface area contributed by atoms with Crippen molar-refractivity contribution < 1.29 is 22.0 Å². The molecule has 1 unspecified atom stereocenters. The molecule has 1 aliphatic heterocycles. The van der Waals surface area contributed by atoms with E-state index in [2.05, 4.69) is 5.32 Å². The SMILES string of the molecule is Cl.NCCNC(=O)C1CCCN(S(=O)(=O)c2c(F)cccc2F)C1. The Balaban J connectivity index is 0.00000288. The Kier molecular flexibility index (Phi) is 7.53. The van der Waals surface area contributed by atoms with Crippen molar-refractivity contribution in [1.82, 2.24) is 9.62 Å². The molecule has 2 rings (SSSR count). The number of sulfonamides is 1. The zero-order chi connectivity index (χ0) is 17.0. The lowest BCUT2D eigenvalue weighted by Crippen LogP contribution is -2.46. The van der Waals surface area contributed by atoms with E-state index in [-0.39, 0.29) is 37.9 Å². The van der Waals surface area contributed by atoms with E-state index in [4.69, 9.17) is 5.73 Å². The molecule has 1 aromatic rings. The van der Waals surface area contributed by atoms with Crippen LogP contribution in [0.1, 0.15) is 12.8 Å². The van der Waals surface area contributed by atoms with Gasteiger partial charge in [0.2, 0.25) is 15.9 Å². The van der Waals surface area contributed by atoms with Gasteiger partial charge in [-0.25, -0.2) is 17.2 Å². The van der Waals surface area contributed by atoms with Gasteiger partial charge in [0.15, 0.2) is 4.90 Å². The van der Waals surface area contributed by atoms with E-state index in [1.807, 2.05) is 0 Å². The number of nitrogens with zero attached hydrogens (tertiary/aromatic N) is 1. The summed E-state index contributed by atoms with van der Waals surface area (Å²) < 4.78 is 53.5. The maximum absolute atomic E-state index is 13.8. The van der Waals surface area contributed by atoms with Crippen molar-refractivity contribution in [2.24, 2.45) is 11.7 Å². The topological polar surface area (TPSA) is 92.5 Å². The van der Waals surface area contributed by atoms with Gasteiger partial charge in [-0.2, -0.15) is 4.31 Å². The quantitative estimate of drug-likeness (QED) is 0.788. The predicted molar refractivity (Wildman–Crippen MR) is 87.2 cm³/mol. The molecule has 1 atom stereocenters. The van der Waals surface area contributed by atoms with Crippen LogP contribution in [-0.2, 0) is 14.8 Å². The molecule has 10 heteroatoms.